The summed E-state index contributed by atoms with van der Waals surface area (Å²) in [5.41, 5.74) is 2.81. The lowest BCUT2D eigenvalue weighted by Gasteiger charge is -2.30. The van der Waals surface area contributed by atoms with Gasteiger partial charge in [0.25, 0.3) is 0 Å². The molecule has 1 aliphatic heterocycles. The van der Waals surface area contributed by atoms with Gasteiger partial charge in [-0.15, -0.1) is 5.10 Å². The number of fused-ring (bicyclic) bond motifs is 1. The first-order chi connectivity index (χ1) is 15.0. The summed E-state index contributed by atoms with van der Waals surface area (Å²) >= 11 is 6.79. The van der Waals surface area contributed by atoms with E-state index in [1.807, 2.05) is 13.0 Å². The van der Waals surface area contributed by atoms with E-state index in [4.69, 9.17) is 11.6 Å². The third kappa shape index (κ3) is 4.11. The molecule has 2 N–H and O–H groups in total. The third-order valence-electron chi connectivity index (χ3n) is 5.46. The number of halogens is 1. The van der Waals surface area contributed by atoms with Crippen LogP contribution in [0.5, 0.6) is 0 Å². The molecule has 0 amide bonds. The van der Waals surface area contributed by atoms with Gasteiger partial charge in [0.15, 0.2) is 17.2 Å². The smallest absolute Gasteiger partial charge is 0.247 e. The number of benzene rings is 1. The molecule has 10 heteroatoms. The van der Waals surface area contributed by atoms with E-state index in [-0.39, 0.29) is 11.9 Å². The van der Waals surface area contributed by atoms with Gasteiger partial charge < -0.3 is 15.5 Å². The van der Waals surface area contributed by atoms with Crippen molar-refractivity contribution in [1.82, 2.24) is 24.5 Å². The Bertz CT molecular complexity index is 1200. The number of piperidine rings is 1. The lowest BCUT2D eigenvalue weighted by atomic mass is 9.88. The van der Waals surface area contributed by atoms with E-state index < -0.39 is 0 Å². The topological polar surface area (TPSA) is 118 Å². The Hall–Kier alpha value is -3.40. The molecule has 31 heavy (non-hydrogen) atoms. The van der Waals surface area contributed by atoms with Crippen LogP contribution in [0.15, 0.2) is 18.3 Å². The van der Waals surface area contributed by atoms with Gasteiger partial charge >= 0.3 is 0 Å². The van der Waals surface area contributed by atoms with Crippen LogP contribution in [0, 0.1) is 22.7 Å². The van der Waals surface area contributed by atoms with Gasteiger partial charge in [0.05, 0.1) is 28.5 Å². The van der Waals surface area contributed by atoms with Crippen LogP contribution in [0.2, 0.25) is 5.02 Å². The number of likely N-dealkylation sites (tertiary alicyclic amines) is 1. The highest BCUT2D eigenvalue weighted by molar-refractivity contribution is 6.34. The Balaban J connectivity index is 1.75. The number of nitrogens with zero attached hydrogens (tertiary/aromatic N) is 7. The van der Waals surface area contributed by atoms with Crippen molar-refractivity contribution < 1.29 is 0 Å². The summed E-state index contributed by atoms with van der Waals surface area (Å²) in [4.78, 5) is 11.0. The van der Waals surface area contributed by atoms with Crippen LogP contribution in [0.1, 0.15) is 42.5 Å². The molecule has 0 spiro atoms. The van der Waals surface area contributed by atoms with Crippen molar-refractivity contribution in [2.45, 2.75) is 25.7 Å². The maximum atomic E-state index is 9.56. The summed E-state index contributed by atoms with van der Waals surface area (Å²) in [6.07, 6.45) is 3.42. The fraction of sp³-hybridized carbons (Fsp3) is 0.381. The van der Waals surface area contributed by atoms with E-state index in [1.54, 1.807) is 6.07 Å². The third-order valence-corrected chi connectivity index (χ3v) is 5.88. The molecule has 4 rings (SSSR count). The highest BCUT2D eigenvalue weighted by Crippen LogP contribution is 2.38. The number of hydrogen-bond acceptors (Lipinski definition) is 8. The molecule has 0 unspecified atom stereocenters. The number of rotatable bonds is 5. The van der Waals surface area contributed by atoms with Gasteiger partial charge in [-0.1, -0.05) is 11.6 Å². The van der Waals surface area contributed by atoms with Crippen LogP contribution in [0.3, 0.4) is 0 Å². The van der Waals surface area contributed by atoms with Gasteiger partial charge in [-0.05, 0) is 63.5 Å². The standard InChI is InChI=1S/C21H22ClN9/c1-3-25-19-20-26-12-15(11-24)31(20)29-21(28-19)27-17-9-13(10-23)8-16(18(17)22)14-4-6-30(2)7-5-14/h8-9,12,14H,3-7H2,1-2H3,(H2,25,27,28,29). The summed E-state index contributed by atoms with van der Waals surface area (Å²) in [6, 6.07) is 7.87. The van der Waals surface area contributed by atoms with Gasteiger partial charge in [-0.3, -0.25) is 0 Å². The lowest BCUT2D eigenvalue weighted by molar-refractivity contribution is 0.255. The minimum absolute atomic E-state index is 0.254. The molecular weight excluding hydrogens is 414 g/mol. The number of anilines is 3. The maximum Gasteiger partial charge on any atom is 0.247 e. The zero-order chi connectivity index (χ0) is 22.0. The van der Waals surface area contributed by atoms with E-state index in [0.29, 0.717) is 40.0 Å². The molecule has 1 saturated heterocycles. The number of aromatic nitrogens is 4. The molecule has 0 atom stereocenters. The zero-order valence-electron chi connectivity index (χ0n) is 17.4. The zero-order valence-corrected chi connectivity index (χ0v) is 18.1. The van der Waals surface area contributed by atoms with E-state index in [2.05, 4.69) is 49.8 Å². The highest BCUT2D eigenvalue weighted by atomic mass is 35.5. The monoisotopic (exact) mass is 435 g/mol. The Morgan fingerprint density at radius 3 is 2.68 bits per heavy atom. The van der Waals surface area contributed by atoms with Crippen molar-refractivity contribution in [2.24, 2.45) is 0 Å². The van der Waals surface area contributed by atoms with Crippen LogP contribution >= 0.6 is 11.6 Å². The first kappa shape index (κ1) is 20.9. The van der Waals surface area contributed by atoms with E-state index in [1.165, 1.54) is 10.7 Å². The number of nitrogens with one attached hydrogen (secondary N) is 2. The van der Waals surface area contributed by atoms with E-state index in [0.717, 1.165) is 31.5 Å². The molecule has 3 heterocycles. The minimum Gasteiger partial charge on any atom is -0.367 e. The van der Waals surface area contributed by atoms with Crippen LogP contribution in [0.4, 0.5) is 17.5 Å². The number of imidazole rings is 1. The Morgan fingerprint density at radius 1 is 1.23 bits per heavy atom. The van der Waals surface area contributed by atoms with Gasteiger partial charge in [-0.2, -0.15) is 20.0 Å². The van der Waals surface area contributed by atoms with Crippen LogP contribution < -0.4 is 10.6 Å². The number of hydrogen-bond donors (Lipinski definition) is 2. The second-order valence-corrected chi connectivity index (χ2v) is 7.92. The highest BCUT2D eigenvalue weighted by Gasteiger charge is 2.23. The Kier molecular flexibility index (Phi) is 5.90. The van der Waals surface area contributed by atoms with Crippen LogP contribution in [-0.2, 0) is 0 Å². The summed E-state index contributed by atoms with van der Waals surface area (Å²) in [7, 11) is 2.11. The molecule has 9 nitrogen and oxygen atoms in total. The van der Waals surface area contributed by atoms with Crippen molar-refractivity contribution in [3.05, 3.63) is 40.2 Å². The lowest BCUT2D eigenvalue weighted by Crippen LogP contribution is -2.29. The number of nitriles is 2. The van der Waals surface area contributed by atoms with Crippen LogP contribution in [-0.4, -0.2) is 51.2 Å². The minimum atomic E-state index is 0.254. The summed E-state index contributed by atoms with van der Waals surface area (Å²) in [5.74, 6) is 1.05. The molecule has 0 aliphatic carbocycles. The average molecular weight is 436 g/mol. The molecular formula is C21H22ClN9. The molecule has 1 fully saturated rings. The van der Waals surface area contributed by atoms with Crippen molar-refractivity contribution >= 4 is 34.7 Å². The summed E-state index contributed by atoms with van der Waals surface area (Å²) in [5, 5.41) is 30.2. The Labute approximate surface area is 185 Å². The molecule has 0 radical (unpaired) electrons. The van der Waals surface area contributed by atoms with Crippen molar-refractivity contribution in [1.29, 1.82) is 10.5 Å². The van der Waals surface area contributed by atoms with E-state index >= 15 is 0 Å². The maximum absolute atomic E-state index is 9.56. The van der Waals surface area contributed by atoms with Crippen molar-refractivity contribution in [3.8, 4) is 12.1 Å². The fourth-order valence-corrected chi connectivity index (χ4v) is 4.15. The largest absolute Gasteiger partial charge is 0.367 e. The first-order valence-electron chi connectivity index (χ1n) is 10.1. The molecule has 0 bridgehead atoms. The van der Waals surface area contributed by atoms with Crippen LogP contribution in [0.25, 0.3) is 5.65 Å². The molecule has 2 aromatic heterocycles. The first-order valence-corrected chi connectivity index (χ1v) is 10.5. The summed E-state index contributed by atoms with van der Waals surface area (Å²) in [6.45, 7) is 4.56. The molecule has 3 aromatic rings. The predicted molar refractivity (Wildman–Crippen MR) is 119 cm³/mol. The van der Waals surface area contributed by atoms with Crippen molar-refractivity contribution in [3.63, 3.8) is 0 Å². The molecule has 1 aromatic carbocycles. The Morgan fingerprint density at radius 2 is 2.00 bits per heavy atom. The molecule has 158 valence electrons. The SMILES string of the molecule is CCNc1nc(Nc2cc(C#N)cc(C3CCN(C)CC3)c2Cl)nn2c(C#N)cnc12. The average Bonchev–Trinajstić information content (AvgIpc) is 3.19. The quantitative estimate of drug-likeness (QED) is 0.625. The van der Waals surface area contributed by atoms with Gasteiger partial charge in [0, 0.05) is 6.54 Å². The summed E-state index contributed by atoms with van der Waals surface area (Å²) < 4.78 is 1.44. The van der Waals surface area contributed by atoms with Gasteiger partial charge in [-0.25, -0.2) is 4.98 Å². The second-order valence-electron chi connectivity index (χ2n) is 7.55. The van der Waals surface area contributed by atoms with Gasteiger partial charge in [0.2, 0.25) is 5.95 Å². The van der Waals surface area contributed by atoms with Crippen molar-refractivity contribution in [2.75, 3.05) is 37.3 Å². The normalized spacial score (nSPS) is 14.9. The fourth-order valence-electron chi connectivity index (χ4n) is 3.84. The predicted octanol–water partition coefficient (Wildman–Crippen LogP) is 3.51. The molecule has 0 saturated carbocycles. The molecule has 1 aliphatic rings. The second kappa shape index (κ2) is 8.76. The van der Waals surface area contributed by atoms with E-state index in [9.17, 15) is 10.5 Å². The van der Waals surface area contributed by atoms with Gasteiger partial charge in [0.1, 0.15) is 6.07 Å².